The van der Waals surface area contributed by atoms with Crippen LogP contribution in [0.5, 0.6) is 5.75 Å². The zero-order valence-corrected chi connectivity index (χ0v) is 20.8. The summed E-state index contributed by atoms with van der Waals surface area (Å²) in [5.74, 6) is 0.728. The lowest BCUT2D eigenvalue weighted by Gasteiger charge is -2.28. The number of aliphatic imine (C=N–C) groups is 1. The molecule has 1 saturated heterocycles. The van der Waals surface area contributed by atoms with Crippen molar-refractivity contribution in [3.63, 3.8) is 0 Å². The van der Waals surface area contributed by atoms with Crippen LogP contribution in [0.3, 0.4) is 0 Å². The number of carbonyl (C=O) groups is 1. The summed E-state index contributed by atoms with van der Waals surface area (Å²) >= 11 is 6.60. The van der Waals surface area contributed by atoms with Gasteiger partial charge in [-0.15, -0.1) is 0 Å². The van der Waals surface area contributed by atoms with Gasteiger partial charge in [0.25, 0.3) is 0 Å². The van der Waals surface area contributed by atoms with Gasteiger partial charge in [-0.1, -0.05) is 35.9 Å². The molecular weight excluding hydrogens is 478 g/mol. The van der Waals surface area contributed by atoms with Crippen molar-refractivity contribution in [2.24, 2.45) is 28.5 Å². The first-order valence-electron chi connectivity index (χ1n) is 12.6. The summed E-state index contributed by atoms with van der Waals surface area (Å²) < 4.78 is 11.5. The number of nitrogens with two attached hydrogens (primary N) is 1. The number of amides is 1. The SMILES string of the molecule is NC(=O)[C@@H]1[C@H](Nc2c(Cl)cnc3c2N=C(c2cccc(OCCN4CCOCC4)c2)C3)[C@H]2C=C[C@@H]1C2. The smallest absolute Gasteiger partial charge is 0.223 e. The summed E-state index contributed by atoms with van der Waals surface area (Å²) in [6.07, 6.45) is 7.49. The van der Waals surface area contributed by atoms with E-state index in [-0.39, 0.29) is 29.7 Å². The van der Waals surface area contributed by atoms with Crippen LogP contribution in [0.4, 0.5) is 11.4 Å². The number of hydrogen-bond donors (Lipinski definition) is 2. The molecule has 188 valence electrons. The van der Waals surface area contributed by atoms with Crippen LogP contribution in [0.1, 0.15) is 17.7 Å². The van der Waals surface area contributed by atoms with Crippen LogP contribution in [-0.2, 0) is 16.0 Å². The normalized spacial score (nSPS) is 26.6. The van der Waals surface area contributed by atoms with E-state index in [1.165, 1.54) is 0 Å². The number of morpholine rings is 1. The molecule has 1 aromatic heterocycles. The van der Waals surface area contributed by atoms with E-state index in [1.54, 1.807) is 6.20 Å². The van der Waals surface area contributed by atoms with Gasteiger partial charge in [-0.3, -0.25) is 14.7 Å². The van der Waals surface area contributed by atoms with Crippen molar-refractivity contribution >= 4 is 34.6 Å². The van der Waals surface area contributed by atoms with Gasteiger partial charge in [0, 0.05) is 43.9 Å². The van der Waals surface area contributed by atoms with Crippen LogP contribution in [-0.4, -0.2) is 67.0 Å². The molecule has 4 aliphatic rings. The number of anilines is 1. The van der Waals surface area contributed by atoms with E-state index in [2.05, 4.69) is 27.4 Å². The van der Waals surface area contributed by atoms with E-state index in [9.17, 15) is 4.79 Å². The number of aromatic nitrogens is 1. The Bertz CT molecular complexity index is 1230. The molecule has 1 amide bonds. The number of allylic oxidation sites excluding steroid dienone is 1. The Balaban J connectivity index is 1.19. The molecule has 1 saturated carbocycles. The molecule has 0 radical (unpaired) electrons. The molecule has 3 heterocycles. The molecule has 6 rings (SSSR count). The summed E-state index contributed by atoms with van der Waals surface area (Å²) in [5.41, 5.74) is 10.0. The van der Waals surface area contributed by atoms with Crippen LogP contribution >= 0.6 is 11.6 Å². The molecule has 8 nitrogen and oxygen atoms in total. The third-order valence-corrected chi connectivity index (χ3v) is 8.00. The minimum Gasteiger partial charge on any atom is -0.492 e. The summed E-state index contributed by atoms with van der Waals surface area (Å²) in [6, 6.07) is 7.94. The van der Waals surface area contributed by atoms with Gasteiger partial charge in [-0.05, 0) is 30.4 Å². The van der Waals surface area contributed by atoms with Crippen molar-refractivity contribution < 1.29 is 14.3 Å². The van der Waals surface area contributed by atoms with Gasteiger partial charge in [0.2, 0.25) is 5.91 Å². The van der Waals surface area contributed by atoms with E-state index in [0.717, 1.165) is 73.4 Å². The number of benzene rings is 1. The number of halogens is 1. The Morgan fingerprint density at radius 3 is 2.92 bits per heavy atom. The highest BCUT2D eigenvalue weighted by Gasteiger charge is 2.48. The number of fused-ring (bicyclic) bond motifs is 3. The van der Waals surface area contributed by atoms with E-state index in [4.69, 9.17) is 31.8 Å². The highest BCUT2D eigenvalue weighted by atomic mass is 35.5. The lowest BCUT2D eigenvalue weighted by molar-refractivity contribution is -0.122. The molecule has 2 aliphatic carbocycles. The van der Waals surface area contributed by atoms with Crippen LogP contribution in [0.15, 0.2) is 47.6 Å². The first kappa shape index (κ1) is 23.5. The van der Waals surface area contributed by atoms with Crippen LogP contribution in [0.2, 0.25) is 5.02 Å². The molecule has 36 heavy (non-hydrogen) atoms. The molecule has 2 aromatic rings. The standard InChI is InChI=1S/C27H30ClN5O3/c28-20-15-30-22-14-21(16-2-1-3-19(13-16)36-11-8-33-6-9-35-10-7-33)31-26(22)25(20)32-24-18-5-4-17(12-18)23(24)27(29)34/h1-5,13,15,17-18,23-24H,6-12,14H2,(H2,29,34)(H,30,32)/t17-,18+,23+,24-/m1/s1. The van der Waals surface area contributed by atoms with Crippen molar-refractivity contribution in [1.29, 1.82) is 0 Å². The number of primary amides is 1. The number of rotatable bonds is 8. The maximum absolute atomic E-state index is 12.2. The molecule has 4 atom stereocenters. The zero-order chi connectivity index (χ0) is 24.6. The second-order valence-corrected chi connectivity index (χ2v) is 10.3. The van der Waals surface area contributed by atoms with Gasteiger partial charge in [-0.2, -0.15) is 0 Å². The molecule has 1 aromatic carbocycles. The lowest BCUT2D eigenvalue weighted by Crippen LogP contribution is -2.41. The maximum atomic E-state index is 12.2. The molecule has 0 unspecified atom stereocenters. The van der Waals surface area contributed by atoms with E-state index in [1.807, 2.05) is 24.3 Å². The number of nitrogens with one attached hydrogen (secondary N) is 1. The third-order valence-electron chi connectivity index (χ3n) is 7.71. The minimum atomic E-state index is -0.277. The molecule has 0 spiro atoms. The number of carbonyl (C=O) groups excluding carboxylic acids is 1. The van der Waals surface area contributed by atoms with Crippen molar-refractivity contribution in [3.05, 3.63) is 58.9 Å². The van der Waals surface area contributed by atoms with Gasteiger partial charge in [0.15, 0.2) is 0 Å². The Hall–Kier alpha value is -2.94. The van der Waals surface area contributed by atoms with E-state index < -0.39 is 0 Å². The van der Waals surface area contributed by atoms with Crippen molar-refractivity contribution in [1.82, 2.24) is 9.88 Å². The van der Waals surface area contributed by atoms with Crippen molar-refractivity contribution in [3.8, 4) is 5.75 Å². The van der Waals surface area contributed by atoms with Gasteiger partial charge >= 0.3 is 0 Å². The van der Waals surface area contributed by atoms with E-state index in [0.29, 0.717) is 18.1 Å². The predicted octanol–water partition coefficient (Wildman–Crippen LogP) is 3.21. The van der Waals surface area contributed by atoms with Crippen LogP contribution in [0.25, 0.3) is 0 Å². The number of hydrogen-bond acceptors (Lipinski definition) is 7. The molecule has 2 bridgehead atoms. The summed E-state index contributed by atoms with van der Waals surface area (Å²) in [5, 5.41) is 4.04. The van der Waals surface area contributed by atoms with Crippen LogP contribution in [0, 0.1) is 17.8 Å². The molecule has 2 aliphatic heterocycles. The monoisotopic (exact) mass is 507 g/mol. The second kappa shape index (κ2) is 9.84. The highest BCUT2D eigenvalue weighted by Crippen LogP contribution is 2.47. The Kier molecular flexibility index (Phi) is 6.41. The Labute approximate surface area is 215 Å². The molecule has 9 heteroatoms. The number of pyridine rings is 1. The van der Waals surface area contributed by atoms with Crippen molar-refractivity contribution in [2.45, 2.75) is 18.9 Å². The average Bonchev–Trinajstić information content (AvgIpc) is 3.61. The summed E-state index contributed by atoms with van der Waals surface area (Å²) in [6.45, 7) is 4.97. The van der Waals surface area contributed by atoms with Gasteiger partial charge in [-0.25, -0.2) is 4.99 Å². The first-order valence-corrected chi connectivity index (χ1v) is 13.0. The second-order valence-electron chi connectivity index (χ2n) is 9.89. The summed E-state index contributed by atoms with van der Waals surface area (Å²) in [7, 11) is 0. The Morgan fingerprint density at radius 2 is 2.08 bits per heavy atom. The topological polar surface area (TPSA) is 102 Å². The fraction of sp³-hybridized carbons (Fsp3) is 0.444. The maximum Gasteiger partial charge on any atom is 0.223 e. The van der Waals surface area contributed by atoms with Gasteiger partial charge in [0.1, 0.15) is 18.0 Å². The van der Waals surface area contributed by atoms with Gasteiger partial charge < -0.3 is 20.5 Å². The third kappa shape index (κ3) is 4.49. The average molecular weight is 508 g/mol. The van der Waals surface area contributed by atoms with Gasteiger partial charge in [0.05, 0.1) is 41.2 Å². The van der Waals surface area contributed by atoms with Crippen molar-refractivity contribution in [2.75, 3.05) is 44.8 Å². The molecule has 2 fully saturated rings. The fourth-order valence-corrected chi connectivity index (χ4v) is 6.05. The van der Waals surface area contributed by atoms with E-state index >= 15 is 0 Å². The lowest BCUT2D eigenvalue weighted by atomic mass is 9.88. The molecule has 3 N–H and O–H groups in total. The van der Waals surface area contributed by atoms with Crippen LogP contribution < -0.4 is 15.8 Å². The minimum absolute atomic E-state index is 0.0936. The Morgan fingerprint density at radius 1 is 1.25 bits per heavy atom. The quantitative estimate of drug-likeness (QED) is 0.532. The zero-order valence-electron chi connectivity index (χ0n) is 20.0. The first-order chi connectivity index (χ1) is 17.6. The predicted molar refractivity (Wildman–Crippen MR) is 139 cm³/mol. The largest absolute Gasteiger partial charge is 0.492 e. The summed E-state index contributed by atoms with van der Waals surface area (Å²) in [4.78, 5) is 24.1. The highest BCUT2D eigenvalue weighted by molar-refractivity contribution is 6.34. The number of nitrogens with zero attached hydrogens (tertiary/aromatic N) is 3. The fourth-order valence-electron chi connectivity index (χ4n) is 5.86. The number of ether oxygens (including phenoxy) is 2. The molecular formula is C27H30ClN5O3.